The topological polar surface area (TPSA) is 331 Å². The number of benzene rings is 4. The minimum Gasteiger partial charge on any atom is -0.497 e. The number of nitrogens with one attached hydrogen (secondary N) is 3. The Balaban J connectivity index is 0.000000193. The monoisotopic (exact) mass is 1000 g/mol. The predicted octanol–water partition coefficient (Wildman–Crippen LogP) is 7.17. The van der Waals surface area contributed by atoms with E-state index in [1.165, 1.54) is 63.0 Å². The lowest BCUT2D eigenvalue weighted by Gasteiger charge is -2.15. The Kier molecular flexibility index (Phi) is 15.6. The number of nitrogens with two attached hydrogens (primary N) is 1. The molecule has 0 saturated carbocycles. The second-order valence-corrected chi connectivity index (χ2v) is 17.3. The van der Waals surface area contributed by atoms with Crippen molar-refractivity contribution in [1.29, 1.82) is 0 Å². The van der Waals surface area contributed by atoms with Crippen LogP contribution in [-0.4, -0.2) is 85.0 Å². The number of hydrogen-bond donors (Lipinski definition) is 4. The van der Waals surface area contributed by atoms with Gasteiger partial charge in [0.05, 0.1) is 48.1 Å². The van der Waals surface area contributed by atoms with Gasteiger partial charge in [-0.25, -0.2) is 46.7 Å². The lowest BCUT2D eigenvalue weighted by molar-refractivity contribution is -0.385. The summed E-state index contributed by atoms with van der Waals surface area (Å²) in [5, 5.41) is 24.7. The second kappa shape index (κ2) is 21.7. The van der Waals surface area contributed by atoms with Gasteiger partial charge in [-0.05, 0) is 36.4 Å². The molecule has 0 aliphatic carbocycles. The molecular weight excluding hydrogens is 964 g/mol. The normalized spacial score (nSPS) is 10.9. The lowest BCUT2D eigenvalue weighted by atomic mass is 10.2. The first-order valence-electron chi connectivity index (χ1n) is 19.4. The molecular formula is C42H37ClN12O12S2. The van der Waals surface area contributed by atoms with Crippen LogP contribution in [-0.2, 0) is 20.0 Å². The van der Waals surface area contributed by atoms with Crippen LogP contribution in [0.4, 0.5) is 40.2 Å². The van der Waals surface area contributed by atoms with Gasteiger partial charge in [-0.1, -0.05) is 23.7 Å². The molecule has 0 aliphatic rings. The van der Waals surface area contributed by atoms with Crippen LogP contribution < -0.4 is 39.4 Å². The molecule has 8 aromatic rings. The summed E-state index contributed by atoms with van der Waals surface area (Å²) in [5.74, 6) is 2.12. The number of sulfonamides is 2. The van der Waals surface area contributed by atoms with Gasteiger partial charge in [0.25, 0.3) is 31.4 Å². The van der Waals surface area contributed by atoms with Crippen LogP contribution in [0.3, 0.4) is 0 Å². The van der Waals surface area contributed by atoms with Crippen LogP contribution >= 0.6 is 11.6 Å². The number of fused-ring (bicyclic) bond motifs is 2. The van der Waals surface area contributed by atoms with Crippen LogP contribution in [0.5, 0.6) is 23.0 Å². The highest BCUT2D eigenvalue weighted by Crippen LogP contribution is 2.32. The molecule has 0 bridgehead atoms. The zero-order chi connectivity index (χ0) is 49.9. The van der Waals surface area contributed by atoms with Crippen LogP contribution in [0.25, 0.3) is 22.3 Å². The molecule has 0 unspecified atom stereocenters. The molecule has 5 N–H and O–H groups in total. The zero-order valence-electron chi connectivity index (χ0n) is 36.3. The van der Waals surface area contributed by atoms with Gasteiger partial charge in [0.1, 0.15) is 34.0 Å². The highest BCUT2D eigenvalue weighted by atomic mass is 35.5. The van der Waals surface area contributed by atoms with Gasteiger partial charge in [0.15, 0.2) is 33.9 Å². The largest absolute Gasteiger partial charge is 0.497 e. The number of nitrogens with zero attached hydrogens (tertiary/aromatic N) is 8. The Hall–Kier alpha value is -8.75. The molecule has 356 valence electrons. The molecule has 0 fully saturated rings. The molecule has 8 rings (SSSR count). The van der Waals surface area contributed by atoms with Crippen LogP contribution in [0, 0.1) is 20.2 Å². The number of ether oxygens (including phenoxy) is 4. The minimum absolute atomic E-state index is 0.0739. The summed E-state index contributed by atoms with van der Waals surface area (Å²) in [4.78, 5) is 44.7. The van der Waals surface area contributed by atoms with Gasteiger partial charge >= 0.3 is 0 Å². The number of non-ortho nitro benzene ring substituents is 2. The number of rotatable bonds is 14. The van der Waals surface area contributed by atoms with Crippen molar-refractivity contribution in [3.8, 4) is 23.0 Å². The lowest BCUT2D eigenvalue weighted by Crippen LogP contribution is -2.16. The Labute approximate surface area is 396 Å². The molecule has 4 aromatic heterocycles. The van der Waals surface area contributed by atoms with E-state index in [4.69, 9.17) is 36.3 Å². The van der Waals surface area contributed by atoms with Gasteiger partial charge in [-0.2, -0.15) is 0 Å². The van der Waals surface area contributed by atoms with Crippen molar-refractivity contribution in [3.05, 3.63) is 147 Å². The van der Waals surface area contributed by atoms with E-state index in [2.05, 4.69) is 44.7 Å². The first-order chi connectivity index (χ1) is 32.9. The smallest absolute Gasteiger partial charge is 0.270 e. The third kappa shape index (κ3) is 12.8. The number of anilines is 5. The fourth-order valence-corrected chi connectivity index (χ4v) is 8.07. The predicted molar refractivity (Wildman–Crippen MR) is 254 cm³/mol. The first kappa shape index (κ1) is 49.7. The maximum atomic E-state index is 13.0. The number of nitro benzene ring substituents is 2. The van der Waals surface area contributed by atoms with E-state index in [0.717, 1.165) is 12.1 Å². The summed E-state index contributed by atoms with van der Waals surface area (Å²) < 4.78 is 75.8. The molecule has 0 aliphatic heterocycles. The fraction of sp³-hybridized carbons (Fsp3) is 0.0952. The summed E-state index contributed by atoms with van der Waals surface area (Å²) in [7, 11) is -2.20. The number of aromatic nitrogens is 6. The number of nitro groups is 2. The van der Waals surface area contributed by atoms with E-state index in [1.807, 2.05) is 0 Å². The molecule has 0 saturated heterocycles. The first-order valence-corrected chi connectivity index (χ1v) is 22.7. The fourth-order valence-electron chi connectivity index (χ4n) is 5.74. The van der Waals surface area contributed by atoms with Crippen LogP contribution in [0.15, 0.2) is 131 Å². The van der Waals surface area contributed by atoms with Crippen molar-refractivity contribution in [2.24, 2.45) is 0 Å². The molecule has 0 atom stereocenters. The highest BCUT2D eigenvalue weighted by molar-refractivity contribution is 7.93. The Bertz CT molecular complexity index is 3390. The Morgan fingerprint density at radius 3 is 1.45 bits per heavy atom. The zero-order valence-corrected chi connectivity index (χ0v) is 38.7. The summed E-state index contributed by atoms with van der Waals surface area (Å²) in [5.41, 5.74) is 7.19. The average molecular weight is 1000 g/mol. The standard InChI is InChI=1S/C21H18N6O6S.C13H8ClN5O4S.C8H11NO2/c1-32-15-9-13(10-16(12-15)33-2)23-20-21(25-19-18(24-20)7-4-8-22-19)26-34(30,31)17-6-3-5-14(11-17)27(28)29;14-11-13(17-12-10(16-11)5-2-6-15-12)18-24(22,23)9-4-1-3-8(7-9)19(20)21;1-10-7-3-6(9)4-8(5-7)11-2/h3-12H,1-2H3,(H,23,24)(H,22,25,26);1-7H,(H,15,17,18);3-5H,9H2,1-2H3. The summed E-state index contributed by atoms with van der Waals surface area (Å²) in [6.07, 6.45) is 2.97. The number of nitrogen functional groups attached to an aromatic ring is 1. The number of halogens is 1. The molecule has 0 spiro atoms. The van der Waals surface area contributed by atoms with Crippen molar-refractivity contribution >= 4 is 94.2 Å². The van der Waals surface area contributed by atoms with Crippen molar-refractivity contribution in [2.45, 2.75) is 9.79 Å². The Morgan fingerprint density at radius 2 is 0.986 bits per heavy atom. The van der Waals surface area contributed by atoms with E-state index in [9.17, 15) is 37.1 Å². The van der Waals surface area contributed by atoms with Crippen molar-refractivity contribution in [1.82, 2.24) is 29.9 Å². The summed E-state index contributed by atoms with van der Waals surface area (Å²) >= 11 is 5.94. The van der Waals surface area contributed by atoms with Gasteiger partial charge in [-0.3, -0.25) is 29.7 Å². The quantitative estimate of drug-likeness (QED) is 0.0476. The minimum atomic E-state index is -4.25. The molecule has 24 nitrogen and oxygen atoms in total. The van der Waals surface area contributed by atoms with Gasteiger partial charge in [0.2, 0.25) is 0 Å². The molecule has 0 amide bonds. The SMILES string of the molecule is COc1cc(N)cc(OC)c1.COc1cc(Nc2nc3cccnc3nc2NS(=O)(=O)c2cccc([N+](=O)[O-])c2)cc(OC)c1.O=[N+]([O-])c1cccc(S(=O)(=O)Nc2nc3ncccc3nc2Cl)c1. The molecule has 0 radical (unpaired) electrons. The van der Waals surface area contributed by atoms with Crippen LogP contribution in [0.2, 0.25) is 5.15 Å². The summed E-state index contributed by atoms with van der Waals surface area (Å²) in [6.45, 7) is 0. The number of pyridine rings is 2. The summed E-state index contributed by atoms with van der Waals surface area (Å²) in [6, 6.07) is 26.1. The van der Waals surface area contributed by atoms with Gasteiger partial charge in [0, 0.05) is 84.4 Å². The van der Waals surface area contributed by atoms with Crippen molar-refractivity contribution in [3.63, 3.8) is 0 Å². The Morgan fingerprint density at radius 1 is 0.551 bits per heavy atom. The maximum Gasteiger partial charge on any atom is 0.270 e. The highest BCUT2D eigenvalue weighted by Gasteiger charge is 2.23. The maximum absolute atomic E-state index is 13.0. The molecule has 4 heterocycles. The third-order valence-corrected chi connectivity index (χ3v) is 11.9. The van der Waals surface area contributed by atoms with E-state index in [-0.39, 0.29) is 55.1 Å². The third-order valence-electron chi connectivity index (χ3n) is 8.97. The van der Waals surface area contributed by atoms with Gasteiger partial charge < -0.3 is 30.0 Å². The number of hydrogen-bond acceptors (Lipinski definition) is 20. The van der Waals surface area contributed by atoms with E-state index in [1.54, 1.807) is 74.9 Å². The van der Waals surface area contributed by atoms with Crippen molar-refractivity contribution < 1.29 is 45.6 Å². The van der Waals surface area contributed by atoms with E-state index < -0.39 is 29.9 Å². The molecule has 4 aromatic carbocycles. The second-order valence-electron chi connectivity index (χ2n) is 13.6. The molecule has 69 heavy (non-hydrogen) atoms. The average Bonchev–Trinajstić information content (AvgIpc) is 3.34. The molecule has 27 heteroatoms. The van der Waals surface area contributed by atoms with Crippen molar-refractivity contribution in [2.75, 3.05) is 48.9 Å². The van der Waals surface area contributed by atoms with Crippen LogP contribution in [0.1, 0.15) is 0 Å². The van der Waals surface area contributed by atoms with Gasteiger partial charge in [-0.15, -0.1) is 0 Å². The number of methoxy groups -OCH3 is 4. The van der Waals surface area contributed by atoms with E-state index >= 15 is 0 Å². The van der Waals surface area contributed by atoms with E-state index in [0.29, 0.717) is 45.4 Å².